The summed E-state index contributed by atoms with van der Waals surface area (Å²) in [6.45, 7) is 0.375. The molecule has 0 saturated carbocycles. The van der Waals surface area contributed by atoms with Gasteiger partial charge in [0.25, 0.3) is 0 Å². The summed E-state index contributed by atoms with van der Waals surface area (Å²) in [6, 6.07) is 5.52. The fourth-order valence-electron chi connectivity index (χ4n) is 4.27. The summed E-state index contributed by atoms with van der Waals surface area (Å²) in [6.07, 6.45) is -2.59. The average Bonchev–Trinajstić information content (AvgIpc) is 3.43. The smallest absolute Gasteiger partial charge is 0.433 e. The number of nitrogen functional groups attached to an aromatic ring is 1. The summed E-state index contributed by atoms with van der Waals surface area (Å²) in [7, 11) is 0. The zero-order valence-corrected chi connectivity index (χ0v) is 16.5. The molecule has 9 nitrogen and oxygen atoms in total. The molecule has 2 saturated heterocycles. The van der Waals surface area contributed by atoms with Gasteiger partial charge in [-0.3, -0.25) is 4.90 Å². The first-order valence-electron chi connectivity index (χ1n) is 9.72. The molecule has 1 amide bonds. The number of carboxylic acid groups (broad SMARTS) is 1. The largest absolute Gasteiger partial charge is 0.488 e. The number of halogens is 3. The zero-order valence-electron chi connectivity index (χ0n) is 16.5. The van der Waals surface area contributed by atoms with Gasteiger partial charge in [0.2, 0.25) is 0 Å². The molecule has 3 aromatic heterocycles. The number of morpholine rings is 1. The molecule has 5 rings (SSSR count). The molecule has 2 aliphatic heterocycles. The van der Waals surface area contributed by atoms with E-state index in [1.807, 2.05) is 0 Å². The van der Waals surface area contributed by atoms with Crippen LogP contribution >= 0.6 is 0 Å². The summed E-state index contributed by atoms with van der Waals surface area (Å²) in [4.78, 5) is 16.2. The lowest BCUT2D eigenvalue weighted by Crippen LogP contribution is -2.47. The van der Waals surface area contributed by atoms with Crippen molar-refractivity contribution < 1.29 is 32.5 Å². The number of aromatic nitrogens is 3. The average molecular weight is 449 g/mol. The van der Waals surface area contributed by atoms with Crippen LogP contribution in [0.1, 0.15) is 12.1 Å². The predicted octanol–water partition coefficient (Wildman–Crippen LogP) is 2.90. The van der Waals surface area contributed by atoms with Crippen LogP contribution < -0.4 is 10.5 Å². The minimum Gasteiger partial charge on any atom is -0.488 e. The van der Waals surface area contributed by atoms with Gasteiger partial charge in [0, 0.05) is 24.2 Å². The van der Waals surface area contributed by atoms with E-state index < -0.39 is 23.6 Å². The van der Waals surface area contributed by atoms with Gasteiger partial charge >= 0.3 is 12.3 Å². The number of hydrogen-bond donors (Lipinski definition) is 2. The van der Waals surface area contributed by atoms with Crippen molar-refractivity contribution in [1.29, 1.82) is 0 Å². The first-order valence-corrected chi connectivity index (χ1v) is 9.72. The highest BCUT2D eigenvalue weighted by Crippen LogP contribution is 2.40. The number of rotatable bonds is 4. The first kappa shape index (κ1) is 20.4. The summed E-state index contributed by atoms with van der Waals surface area (Å²) in [5, 5.41) is 13.4. The number of nitrogens with two attached hydrogens (primary N) is 1. The molecule has 168 valence electrons. The van der Waals surface area contributed by atoms with Crippen LogP contribution in [-0.4, -0.2) is 62.1 Å². The molecule has 0 spiro atoms. The number of nitrogens with zero attached hydrogens (tertiary/aromatic N) is 4. The van der Waals surface area contributed by atoms with Gasteiger partial charge in [-0.2, -0.15) is 18.3 Å². The van der Waals surface area contributed by atoms with E-state index in [0.29, 0.717) is 17.5 Å². The maximum atomic E-state index is 13.3. The van der Waals surface area contributed by atoms with Gasteiger partial charge in [-0.15, -0.1) is 0 Å². The first-order chi connectivity index (χ1) is 15.1. The van der Waals surface area contributed by atoms with Crippen LogP contribution in [0.4, 0.5) is 23.8 Å². The Balaban J connectivity index is 1.48. The van der Waals surface area contributed by atoms with E-state index in [9.17, 15) is 23.1 Å². The normalized spacial score (nSPS) is 22.6. The minimum atomic E-state index is -4.63. The maximum Gasteiger partial charge on any atom is 0.433 e. The van der Waals surface area contributed by atoms with Gasteiger partial charge in [0.15, 0.2) is 0 Å². The second-order valence-corrected chi connectivity index (χ2v) is 7.97. The highest BCUT2D eigenvalue weighted by Gasteiger charge is 2.53. The molecule has 2 atom stereocenters. The van der Waals surface area contributed by atoms with Crippen molar-refractivity contribution in [3.63, 3.8) is 0 Å². The Morgan fingerprint density at radius 3 is 2.91 bits per heavy atom. The quantitative estimate of drug-likeness (QED) is 0.629. The molecule has 3 aromatic rings. The number of pyridine rings is 2. The summed E-state index contributed by atoms with van der Waals surface area (Å²) >= 11 is 0. The van der Waals surface area contributed by atoms with E-state index >= 15 is 0 Å². The molecule has 3 N–H and O–H groups in total. The Morgan fingerprint density at radius 2 is 2.19 bits per heavy atom. The van der Waals surface area contributed by atoms with Crippen molar-refractivity contribution in [3.05, 3.63) is 42.4 Å². The van der Waals surface area contributed by atoms with Crippen molar-refractivity contribution in [3.8, 4) is 16.9 Å². The Bertz CT molecular complexity index is 1210. The van der Waals surface area contributed by atoms with E-state index in [1.165, 1.54) is 9.42 Å². The fraction of sp³-hybridized carbons (Fsp3) is 0.350. The Hall–Kier alpha value is -3.54. The number of alkyl halides is 3. The molecule has 2 fully saturated rings. The summed E-state index contributed by atoms with van der Waals surface area (Å²) in [5.74, 6) is 0.408. The number of carbonyl (C=O) groups is 1. The number of likely N-dealkylation sites (tertiary alicyclic amines) is 1. The van der Waals surface area contributed by atoms with Crippen molar-refractivity contribution in [2.45, 2.75) is 24.2 Å². The highest BCUT2D eigenvalue weighted by molar-refractivity contribution is 5.74. The zero-order chi connectivity index (χ0) is 22.7. The monoisotopic (exact) mass is 449 g/mol. The third-order valence-corrected chi connectivity index (χ3v) is 5.78. The molecule has 2 bridgehead atoms. The van der Waals surface area contributed by atoms with Crippen molar-refractivity contribution in [2.24, 2.45) is 0 Å². The molecule has 12 heteroatoms. The molecule has 5 heterocycles. The van der Waals surface area contributed by atoms with Crippen LogP contribution in [0.15, 0.2) is 36.7 Å². The van der Waals surface area contributed by atoms with Gasteiger partial charge < -0.3 is 20.3 Å². The van der Waals surface area contributed by atoms with Crippen molar-refractivity contribution in [1.82, 2.24) is 19.5 Å². The molecular formula is C20H18F3N5O4. The summed E-state index contributed by atoms with van der Waals surface area (Å²) < 4.78 is 53.2. The van der Waals surface area contributed by atoms with Crippen molar-refractivity contribution in [2.75, 3.05) is 25.5 Å². The number of ether oxygens (including phenoxy) is 2. The van der Waals surface area contributed by atoms with Crippen LogP contribution in [0, 0.1) is 0 Å². The van der Waals surface area contributed by atoms with Gasteiger partial charge in [0.05, 0.1) is 30.9 Å². The van der Waals surface area contributed by atoms with E-state index in [0.717, 1.165) is 12.3 Å². The Kier molecular flexibility index (Phi) is 4.45. The molecular weight excluding hydrogens is 431 g/mol. The molecule has 2 aliphatic rings. The number of amides is 1. The lowest BCUT2D eigenvalue weighted by atomic mass is 10.0. The third kappa shape index (κ3) is 3.45. The minimum absolute atomic E-state index is 0.0187. The predicted molar refractivity (Wildman–Crippen MR) is 105 cm³/mol. The molecule has 32 heavy (non-hydrogen) atoms. The fourth-order valence-corrected chi connectivity index (χ4v) is 4.27. The summed E-state index contributed by atoms with van der Waals surface area (Å²) in [5.41, 5.74) is 5.05. The third-order valence-electron chi connectivity index (χ3n) is 5.78. The van der Waals surface area contributed by atoms with Gasteiger partial charge in [0.1, 0.15) is 29.5 Å². The second kappa shape index (κ2) is 6.99. The Morgan fingerprint density at radius 1 is 1.38 bits per heavy atom. The standard InChI is InChI=1S/C20H18F3N5O4/c21-20(22,23)16-5-14(11-1-2-28-12(3-11)4-17(24)26-28)15(7-25-16)31-10-19-6-13(8-32-19)27(9-19)18(29)30/h1-5,7,13H,6,8-10H2,(H2,24,26)(H,29,30)/t13-,19-/m1/s1. The second-order valence-electron chi connectivity index (χ2n) is 7.97. The lowest BCUT2D eigenvalue weighted by Gasteiger charge is -2.31. The van der Waals surface area contributed by atoms with Gasteiger partial charge in [-0.25, -0.2) is 14.3 Å². The molecule has 0 radical (unpaired) electrons. The number of anilines is 1. The van der Waals surface area contributed by atoms with Gasteiger partial charge in [-0.1, -0.05) is 0 Å². The molecule has 0 aromatic carbocycles. The number of hydrogen-bond acceptors (Lipinski definition) is 6. The topological polar surface area (TPSA) is 115 Å². The molecule has 0 unspecified atom stereocenters. The highest BCUT2D eigenvalue weighted by atomic mass is 19.4. The van der Waals surface area contributed by atoms with Crippen LogP contribution in [0.3, 0.4) is 0 Å². The lowest BCUT2D eigenvalue weighted by molar-refractivity contribution is -0.141. The van der Waals surface area contributed by atoms with E-state index in [2.05, 4.69) is 10.1 Å². The van der Waals surface area contributed by atoms with Crippen molar-refractivity contribution >= 4 is 17.4 Å². The SMILES string of the molecule is Nc1cc2cc(-c3cc(C(F)(F)F)ncc3OC[C@]34C[C@H](CO3)N(C(=O)O)C4)ccn2n1. The van der Waals surface area contributed by atoms with Crippen LogP contribution in [0.25, 0.3) is 16.6 Å². The van der Waals surface area contributed by atoms with E-state index in [4.69, 9.17) is 15.2 Å². The Labute approximate surface area is 179 Å². The molecule has 0 aliphatic carbocycles. The maximum absolute atomic E-state index is 13.3. The number of fused-ring (bicyclic) bond motifs is 3. The van der Waals surface area contributed by atoms with Crippen LogP contribution in [0.5, 0.6) is 5.75 Å². The van der Waals surface area contributed by atoms with Crippen LogP contribution in [0.2, 0.25) is 0 Å². The van der Waals surface area contributed by atoms with E-state index in [-0.39, 0.29) is 42.9 Å². The van der Waals surface area contributed by atoms with Crippen LogP contribution in [-0.2, 0) is 10.9 Å². The van der Waals surface area contributed by atoms with E-state index in [1.54, 1.807) is 24.4 Å². The van der Waals surface area contributed by atoms with Gasteiger partial charge in [-0.05, 0) is 23.8 Å².